The van der Waals surface area contributed by atoms with Crippen molar-refractivity contribution in [1.29, 1.82) is 0 Å². The molecular formula is C19H21N3O4. The number of aryl methyl sites for hydroxylation is 2. The first-order valence-electron chi connectivity index (χ1n) is 8.21. The van der Waals surface area contributed by atoms with Gasteiger partial charge in [0.2, 0.25) is 0 Å². The van der Waals surface area contributed by atoms with E-state index in [1.165, 1.54) is 0 Å². The third-order valence-electron chi connectivity index (χ3n) is 4.37. The number of amides is 1. The van der Waals surface area contributed by atoms with E-state index < -0.39 is 0 Å². The maximum atomic E-state index is 12.7. The number of benzene rings is 1. The Morgan fingerprint density at radius 3 is 2.35 bits per heavy atom. The van der Waals surface area contributed by atoms with E-state index in [0.717, 1.165) is 0 Å². The summed E-state index contributed by atoms with van der Waals surface area (Å²) < 4.78 is 13.8. The van der Waals surface area contributed by atoms with E-state index in [4.69, 9.17) is 9.47 Å². The Labute approximate surface area is 150 Å². The summed E-state index contributed by atoms with van der Waals surface area (Å²) >= 11 is 0. The number of ether oxygens (including phenoxy) is 2. The Kier molecular flexibility index (Phi) is 4.71. The van der Waals surface area contributed by atoms with Crippen LogP contribution in [0.15, 0.2) is 41.3 Å². The molecule has 26 heavy (non-hydrogen) atoms. The summed E-state index contributed by atoms with van der Waals surface area (Å²) in [6.45, 7) is 2.48. The number of carbonyl (C=O) groups excluding carboxylic acids is 1. The second-order valence-corrected chi connectivity index (χ2v) is 5.85. The Hall–Kier alpha value is -3.22. The molecule has 0 unspecified atom stereocenters. The second kappa shape index (κ2) is 6.95. The third-order valence-corrected chi connectivity index (χ3v) is 4.37. The number of pyridine rings is 1. The van der Waals surface area contributed by atoms with Crippen molar-refractivity contribution in [3.63, 3.8) is 0 Å². The van der Waals surface area contributed by atoms with Gasteiger partial charge in [0, 0.05) is 43.7 Å². The van der Waals surface area contributed by atoms with Gasteiger partial charge in [-0.1, -0.05) is 0 Å². The number of aromatic nitrogens is 2. The van der Waals surface area contributed by atoms with Crippen LogP contribution in [0.3, 0.4) is 0 Å². The molecule has 1 amide bonds. The van der Waals surface area contributed by atoms with Crippen molar-refractivity contribution in [2.24, 2.45) is 7.05 Å². The summed E-state index contributed by atoms with van der Waals surface area (Å²) in [5.74, 6) is 0.825. The van der Waals surface area contributed by atoms with Gasteiger partial charge in [0.1, 0.15) is 17.2 Å². The quantitative estimate of drug-likeness (QED) is 0.763. The van der Waals surface area contributed by atoms with Gasteiger partial charge < -0.3 is 23.9 Å². The number of rotatable bonds is 5. The number of hydrogen-bond donors (Lipinski definition) is 1. The van der Waals surface area contributed by atoms with Crippen LogP contribution >= 0.6 is 0 Å². The fourth-order valence-electron chi connectivity index (χ4n) is 2.92. The van der Waals surface area contributed by atoms with E-state index in [1.807, 2.05) is 13.0 Å². The van der Waals surface area contributed by atoms with Crippen LogP contribution in [0, 0.1) is 0 Å². The van der Waals surface area contributed by atoms with Gasteiger partial charge in [-0.2, -0.15) is 0 Å². The lowest BCUT2D eigenvalue weighted by atomic mass is 10.2. The highest BCUT2D eigenvalue weighted by atomic mass is 16.5. The molecular weight excluding hydrogens is 334 g/mol. The number of methoxy groups -OCH3 is 2. The molecule has 3 aromatic rings. The van der Waals surface area contributed by atoms with Crippen LogP contribution in [-0.4, -0.2) is 29.3 Å². The predicted octanol–water partition coefficient (Wildman–Crippen LogP) is 2.63. The van der Waals surface area contributed by atoms with Crippen LogP contribution in [0.1, 0.15) is 17.4 Å². The molecule has 0 spiro atoms. The zero-order valence-electron chi connectivity index (χ0n) is 15.2. The summed E-state index contributed by atoms with van der Waals surface area (Å²) in [5, 5.41) is 3.35. The monoisotopic (exact) mass is 355 g/mol. The van der Waals surface area contributed by atoms with Crippen molar-refractivity contribution in [3.05, 3.63) is 52.6 Å². The standard InChI is InChI=1S/C19H21N3O4/c1-5-22-7-6-16-15(19(22)24)11-17(21(16)2)18(23)20-12-8-13(25-3)10-14(9-12)26-4/h6-11H,5H2,1-4H3,(H,20,23). The van der Waals surface area contributed by atoms with Crippen molar-refractivity contribution in [2.45, 2.75) is 13.5 Å². The number of anilines is 1. The smallest absolute Gasteiger partial charge is 0.272 e. The second-order valence-electron chi connectivity index (χ2n) is 5.85. The van der Waals surface area contributed by atoms with Crippen LogP contribution in [0.4, 0.5) is 5.69 Å². The molecule has 0 saturated carbocycles. The lowest BCUT2D eigenvalue weighted by Crippen LogP contribution is -2.17. The molecule has 0 atom stereocenters. The normalized spacial score (nSPS) is 10.8. The molecule has 0 fully saturated rings. The van der Waals surface area contributed by atoms with Gasteiger partial charge in [-0.25, -0.2) is 0 Å². The molecule has 0 radical (unpaired) electrons. The maximum Gasteiger partial charge on any atom is 0.272 e. The molecule has 0 saturated heterocycles. The van der Waals surface area contributed by atoms with Crippen molar-refractivity contribution in [2.75, 3.05) is 19.5 Å². The molecule has 2 aromatic heterocycles. The molecule has 1 aromatic carbocycles. The lowest BCUT2D eigenvalue weighted by molar-refractivity contribution is 0.102. The van der Waals surface area contributed by atoms with Crippen molar-refractivity contribution >= 4 is 22.5 Å². The molecule has 2 heterocycles. The van der Waals surface area contributed by atoms with E-state index >= 15 is 0 Å². The number of carbonyl (C=O) groups is 1. The fraction of sp³-hybridized carbons (Fsp3) is 0.263. The highest BCUT2D eigenvalue weighted by molar-refractivity contribution is 6.06. The number of hydrogen-bond acceptors (Lipinski definition) is 4. The average molecular weight is 355 g/mol. The van der Waals surface area contributed by atoms with Crippen molar-refractivity contribution < 1.29 is 14.3 Å². The zero-order valence-corrected chi connectivity index (χ0v) is 15.2. The highest BCUT2D eigenvalue weighted by Crippen LogP contribution is 2.26. The summed E-state index contributed by atoms with van der Waals surface area (Å²) in [6, 6.07) is 8.59. The molecule has 136 valence electrons. The summed E-state index contributed by atoms with van der Waals surface area (Å²) in [6.07, 6.45) is 1.74. The number of fused-ring (bicyclic) bond motifs is 1. The van der Waals surface area contributed by atoms with Gasteiger partial charge in [-0.05, 0) is 19.1 Å². The minimum atomic E-state index is -0.318. The van der Waals surface area contributed by atoms with Gasteiger partial charge in [0.25, 0.3) is 11.5 Å². The van der Waals surface area contributed by atoms with E-state index in [1.54, 1.807) is 60.9 Å². The average Bonchev–Trinajstić information content (AvgIpc) is 2.99. The van der Waals surface area contributed by atoms with E-state index in [-0.39, 0.29) is 11.5 Å². The molecule has 3 rings (SSSR count). The molecule has 7 heteroatoms. The van der Waals surface area contributed by atoms with E-state index in [9.17, 15) is 9.59 Å². The molecule has 7 nitrogen and oxygen atoms in total. The first-order chi connectivity index (χ1) is 12.5. The lowest BCUT2D eigenvalue weighted by Gasteiger charge is -2.10. The van der Waals surface area contributed by atoms with E-state index in [0.29, 0.717) is 40.3 Å². The van der Waals surface area contributed by atoms with Crippen molar-refractivity contribution in [1.82, 2.24) is 9.13 Å². The van der Waals surface area contributed by atoms with Crippen LogP contribution in [0.5, 0.6) is 11.5 Å². The highest BCUT2D eigenvalue weighted by Gasteiger charge is 2.16. The Balaban J connectivity index is 1.99. The summed E-state index contributed by atoms with van der Waals surface area (Å²) in [5.41, 5.74) is 1.55. The van der Waals surface area contributed by atoms with Crippen molar-refractivity contribution in [3.8, 4) is 11.5 Å². The minimum absolute atomic E-state index is 0.109. The van der Waals surface area contributed by atoms with Gasteiger partial charge >= 0.3 is 0 Å². The van der Waals surface area contributed by atoms with Crippen LogP contribution < -0.4 is 20.3 Å². The van der Waals surface area contributed by atoms with Crippen LogP contribution in [-0.2, 0) is 13.6 Å². The van der Waals surface area contributed by atoms with Gasteiger partial charge in [0.15, 0.2) is 0 Å². The molecule has 0 aliphatic rings. The first kappa shape index (κ1) is 17.6. The Morgan fingerprint density at radius 1 is 1.12 bits per heavy atom. The van der Waals surface area contributed by atoms with Gasteiger partial charge in [-0.3, -0.25) is 9.59 Å². The minimum Gasteiger partial charge on any atom is -0.497 e. The van der Waals surface area contributed by atoms with Crippen LogP contribution in [0.2, 0.25) is 0 Å². The molecule has 0 bridgehead atoms. The van der Waals surface area contributed by atoms with E-state index in [2.05, 4.69) is 5.32 Å². The first-order valence-corrected chi connectivity index (χ1v) is 8.21. The van der Waals surface area contributed by atoms with Gasteiger partial charge in [-0.15, -0.1) is 0 Å². The topological polar surface area (TPSA) is 74.5 Å². The Morgan fingerprint density at radius 2 is 1.77 bits per heavy atom. The molecule has 1 N–H and O–H groups in total. The largest absolute Gasteiger partial charge is 0.497 e. The van der Waals surface area contributed by atoms with Gasteiger partial charge in [0.05, 0.1) is 25.1 Å². The third kappa shape index (κ3) is 3.03. The summed E-state index contributed by atoms with van der Waals surface area (Å²) in [7, 11) is 4.85. The Bertz CT molecular complexity index is 1010. The van der Waals surface area contributed by atoms with Crippen LogP contribution in [0.25, 0.3) is 10.9 Å². The molecule has 0 aliphatic carbocycles. The molecule has 0 aliphatic heterocycles. The fourth-order valence-corrected chi connectivity index (χ4v) is 2.92. The summed E-state index contributed by atoms with van der Waals surface area (Å²) in [4.78, 5) is 25.2. The maximum absolute atomic E-state index is 12.7. The number of nitrogens with zero attached hydrogens (tertiary/aromatic N) is 2. The SMILES string of the molecule is CCn1ccc2c(cc(C(=O)Nc3cc(OC)cc(OC)c3)n2C)c1=O. The zero-order chi connectivity index (χ0) is 18.8. The number of nitrogens with one attached hydrogen (secondary N) is 1. The predicted molar refractivity (Wildman–Crippen MR) is 100 cm³/mol.